The first-order valence-electron chi connectivity index (χ1n) is 6.60. The van der Waals surface area contributed by atoms with E-state index in [-0.39, 0.29) is 12.8 Å². The monoisotopic (exact) mass is 249 g/mol. The van der Waals surface area contributed by atoms with Gasteiger partial charge in [0.1, 0.15) is 0 Å². The molecule has 0 amide bonds. The van der Waals surface area contributed by atoms with Crippen LogP contribution in [-0.4, -0.2) is 21.4 Å². The molecule has 0 aliphatic heterocycles. The summed E-state index contributed by atoms with van der Waals surface area (Å²) in [6.45, 7) is 2.22. The van der Waals surface area contributed by atoms with Crippen molar-refractivity contribution in [1.29, 1.82) is 5.26 Å². The van der Waals surface area contributed by atoms with Gasteiger partial charge in [0.25, 0.3) is 0 Å². The molecule has 1 fully saturated rings. The molecule has 0 radical (unpaired) electrons. The number of aromatic nitrogens is 2. The normalized spacial score (nSPS) is 24.9. The second kappa shape index (κ2) is 5.96. The topological polar surface area (TPSA) is 82.9 Å². The molecule has 1 aliphatic rings. The molecule has 0 saturated heterocycles. The number of hydrogen-bond acceptors (Lipinski definition) is 5. The molecule has 1 aromatic rings. The first-order valence-corrected chi connectivity index (χ1v) is 6.60. The molecule has 5 nitrogen and oxygen atoms in total. The SMILES string of the molecule is CCC1CCC(c2noc(CC(O)CC#N)n2)C1. The van der Waals surface area contributed by atoms with Crippen LogP contribution in [0.15, 0.2) is 4.52 Å². The highest BCUT2D eigenvalue weighted by Gasteiger charge is 2.28. The van der Waals surface area contributed by atoms with Gasteiger partial charge in [-0.25, -0.2) is 0 Å². The van der Waals surface area contributed by atoms with Gasteiger partial charge in [-0.05, 0) is 25.2 Å². The summed E-state index contributed by atoms with van der Waals surface area (Å²) in [5, 5.41) is 22.0. The minimum absolute atomic E-state index is 0.0963. The van der Waals surface area contributed by atoms with Crippen LogP contribution < -0.4 is 0 Å². The Bertz CT molecular complexity index is 424. The third-order valence-corrected chi connectivity index (χ3v) is 3.70. The van der Waals surface area contributed by atoms with E-state index in [1.165, 1.54) is 12.8 Å². The maximum absolute atomic E-state index is 9.51. The van der Waals surface area contributed by atoms with Crippen LogP contribution in [0.4, 0.5) is 0 Å². The Morgan fingerprint density at radius 2 is 2.39 bits per heavy atom. The highest BCUT2D eigenvalue weighted by atomic mass is 16.5. The zero-order valence-electron chi connectivity index (χ0n) is 10.7. The van der Waals surface area contributed by atoms with Gasteiger partial charge >= 0.3 is 0 Å². The van der Waals surface area contributed by atoms with Gasteiger partial charge < -0.3 is 9.63 Å². The summed E-state index contributed by atoms with van der Waals surface area (Å²) in [5.74, 6) is 2.39. The number of nitriles is 1. The van der Waals surface area contributed by atoms with Crippen LogP contribution in [0.3, 0.4) is 0 Å². The molecule has 3 atom stereocenters. The predicted octanol–water partition coefficient (Wildman–Crippen LogP) is 2.18. The quantitative estimate of drug-likeness (QED) is 0.864. The molecular formula is C13H19N3O2. The lowest BCUT2D eigenvalue weighted by Gasteiger charge is -2.04. The number of aliphatic hydroxyl groups is 1. The van der Waals surface area contributed by atoms with E-state index in [0.717, 1.165) is 24.6 Å². The smallest absolute Gasteiger partial charge is 0.229 e. The lowest BCUT2D eigenvalue weighted by Crippen LogP contribution is -2.09. The van der Waals surface area contributed by atoms with Crippen LogP contribution in [0, 0.1) is 17.2 Å². The molecule has 0 spiro atoms. The zero-order valence-corrected chi connectivity index (χ0v) is 10.7. The van der Waals surface area contributed by atoms with Gasteiger partial charge in [-0.15, -0.1) is 0 Å². The number of rotatable bonds is 5. The lowest BCUT2D eigenvalue weighted by molar-refractivity contribution is 0.167. The van der Waals surface area contributed by atoms with Crippen LogP contribution >= 0.6 is 0 Å². The highest BCUT2D eigenvalue weighted by Crippen LogP contribution is 2.38. The second-order valence-corrected chi connectivity index (χ2v) is 5.05. The molecular weight excluding hydrogens is 230 g/mol. The Kier molecular flexibility index (Phi) is 4.32. The standard InChI is InChI=1S/C13H19N3O2/c1-2-9-3-4-10(7-9)13-15-12(18-16-13)8-11(17)5-6-14/h9-11,17H,2-5,7-8H2,1H3. The molecule has 18 heavy (non-hydrogen) atoms. The first kappa shape index (κ1) is 13.0. The molecule has 0 bridgehead atoms. The van der Waals surface area contributed by atoms with Gasteiger partial charge in [0.2, 0.25) is 5.89 Å². The Labute approximate surface area is 107 Å². The van der Waals surface area contributed by atoms with Crippen LogP contribution in [0.25, 0.3) is 0 Å². The zero-order chi connectivity index (χ0) is 13.0. The van der Waals surface area contributed by atoms with Crippen molar-refractivity contribution in [3.05, 3.63) is 11.7 Å². The van der Waals surface area contributed by atoms with Crippen molar-refractivity contribution in [3.63, 3.8) is 0 Å². The van der Waals surface area contributed by atoms with Gasteiger partial charge in [-0.2, -0.15) is 10.2 Å². The maximum atomic E-state index is 9.51. The van der Waals surface area contributed by atoms with Crippen LogP contribution in [0.5, 0.6) is 0 Å². The van der Waals surface area contributed by atoms with E-state index in [1.807, 2.05) is 6.07 Å². The highest BCUT2D eigenvalue weighted by molar-refractivity contribution is 5.00. The summed E-state index contributed by atoms with van der Waals surface area (Å²) in [6, 6.07) is 1.92. The third kappa shape index (κ3) is 3.08. The fourth-order valence-electron chi connectivity index (χ4n) is 2.58. The molecule has 1 N–H and O–H groups in total. The first-order chi connectivity index (χ1) is 8.72. The average molecular weight is 249 g/mol. The summed E-state index contributed by atoms with van der Waals surface area (Å²) in [6.07, 6.45) is 4.36. The maximum Gasteiger partial charge on any atom is 0.229 e. The lowest BCUT2D eigenvalue weighted by atomic mass is 10.0. The average Bonchev–Trinajstić information content (AvgIpc) is 2.96. The molecule has 5 heteroatoms. The summed E-state index contributed by atoms with van der Waals surface area (Å²) < 4.78 is 5.13. The van der Waals surface area contributed by atoms with E-state index in [1.54, 1.807) is 0 Å². The van der Waals surface area contributed by atoms with Crippen molar-refractivity contribution in [3.8, 4) is 6.07 Å². The van der Waals surface area contributed by atoms with Gasteiger partial charge in [0.05, 0.1) is 25.0 Å². The van der Waals surface area contributed by atoms with Gasteiger partial charge in [0, 0.05) is 5.92 Å². The fourth-order valence-corrected chi connectivity index (χ4v) is 2.58. The fraction of sp³-hybridized carbons (Fsp3) is 0.769. The minimum atomic E-state index is -0.713. The molecule has 0 aromatic carbocycles. The van der Waals surface area contributed by atoms with E-state index in [9.17, 15) is 5.11 Å². The van der Waals surface area contributed by atoms with Gasteiger partial charge in [0.15, 0.2) is 5.82 Å². The Morgan fingerprint density at radius 3 is 3.06 bits per heavy atom. The molecule has 1 aliphatic carbocycles. The van der Waals surface area contributed by atoms with Crippen molar-refractivity contribution < 1.29 is 9.63 Å². The van der Waals surface area contributed by atoms with E-state index in [0.29, 0.717) is 11.8 Å². The molecule has 1 heterocycles. The summed E-state index contributed by atoms with van der Waals surface area (Å²) >= 11 is 0. The Balaban J connectivity index is 1.92. The number of aliphatic hydroxyl groups excluding tert-OH is 1. The molecule has 3 unspecified atom stereocenters. The molecule has 2 rings (SSSR count). The van der Waals surface area contributed by atoms with Gasteiger partial charge in [-0.1, -0.05) is 18.5 Å². The van der Waals surface area contributed by atoms with E-state index in [2.05, 4.69) is 17.1 Å². The van der Waals surface area contributed by atoms with E-state index in [4.69, 9.17) is 9.78 Å². The molecule has 98 valence electrons. The van der Waals surface area contributed by atoms with Crippen LogP contribution in [0.2, 0.25) is 0 Å². The van der Waals surface area contributed by atoms with Crippen molar-refractivity contribution in [2.24, 2.45) is 5.92 Å². The van der Waals surface area contributed by atoms with Crippen molar-refractivity contribution in [2.45, 2.75) is 57.5 Å². The third-order valence-electron chi connectivity index (χ3n) is 3.70. The van der Waals surface area contributed by atoms with E-state index < -0.39 is 6.10 Å². The van der Waals surface area contributed by atoms with Crippen molar-refractivity contribution in [1.82, 2.24) is 10.1 Å². The van der Waals surface area contributed by atoms with Crippen LogP contribution in [-0.2, 0) is 6.42 Å². The van der Waals surface area contributed by atoms with E-state index >= 15 is 0 Å². The van der Waals surface area contributed by atoms with Gasteiger partial charge in [-0.3, -0.25) is 0 Å². The largest absolute Gasteiger partial charge is 0.392 e. The molecule has 1 aromatic heterocycles. The van der Waals surface area contributed by atoms with Crippen molar-refractivity contribution >= 4 is 0 Å². The number of hydrogen-bond donors (Lipinski definition) is 1. The summed E-state index contributed by atoms with van der Waals surface area (Å²) in [5.41, 5.74) is 0. The van der Waals surface area contributed by atoms with Crippen LogP contribution in [0.1, 0.15) is 56.7 Å². The second-order valence-electron chi connectivity index (χ2n) is 5.05. The summed E-state index contributed by atoms with van der Waals surface area (Å²) in [7, 11) is 0. The Hall–Kier alpha value is -1.41. The predicted molar refractivity (Wildman–Crippen MR) is 64.6 cm³/mol. The minimum Gasteiger partial charge on any atom is -0.392 e. The Morgan fingerprint density at radius 1 is 1.56 bits per heavy atom. The van der Waals surface area contributed by atoms with Crippen molar-refractivity contribution in [2.75, 3.05) is 0 Å². The summed E-state index contributed by atoms with van der Waals surface area (Å²) in [4.78, 5) is 4.34. The molecule has 1 saturated carbocycles. The number of nitrogens with zero attached hydrogens (tertiary/aromatic N) is 3.